The molecule has 1 N–H and O–H groups in total. The molecule has 0 aliphatic carbocycles. The predicted molar refractivity (Wildman–Crippen MR) is 134 cm³/mol. The lowest BCUT2D eigenvalue weighted by Crippen LogP contribution is -2.75. The third-order valence-electron chi connectivity index (χ3n) is 6.57. The number of fused-ring (bicyclic) bond motifs is 1. The van der Waals surface area contributed by atoms with E-state index in [0.29, 0.717) is 6.07 Å². The van der Waals surface area contributed by atoms with Crippen LogP contribution in [0.15, 0.2) is 48.5 Å². The van der Waals surface area contributed by atoms with Gasteiger partial charge in [0, 0.05) is 38.0 Å². The number of amides is 4. The Bertz CT molecular complexity index is 1330. The average molecular weight is 550 g/mol. The van der Waals surface area contributed by atoms with Crippen LogP contribution in [0.25, 0.3) is 0 Å². The van der Waals surface area contributed by atoms with Crippen molar-refractivity contribution in [3.63, 3.8) is 0 Å². The zero-order valence-electron chi connectivity index (χ0n) is 21.0. The third-order valence-corrected chi connectivity index (χ3v) is 7.55. The molecule has 2 aliphatic heterocycles. The number of hydrogen-bond donors (Lipinski definition) is 1. The molecule has 13 heteroatoms. The summed E-state index contributed by atoms with van der Waals surface area (Å²) in [6.45, 7) is -0.391. The molecule has 2 atom stereocenters. The zero-order valence-corrected chi connectivity index (χ0v) is 21.8. The maximum Gasteiger partial charge on any atom is 0.334 e. The molecule has 4 amide bonds. The highest BCUT2D eigenvalue weighted by atomic mass is 32.2. The smallest absolute Gasteiger partial charge is 0.333 e. The fourth-order valence-electron chi connectivity index (χ4n) is 4.76. The standard InChI is InChI=1S/C25H29F2N5O5S/c1-29-16-23(33)31-21(10-11-38(2,36)37)24(34)30(14-18-8-9-19(26)12-20(18)27)15-22(31)32(29)25(35)28-13-17-6-4-3-5-7-17/h3-9,12,21-22H,10-11,13-16H2,1-2H3,(H,28,35)/t21-,22-/m0/s1. The first kappa shape index (κ1) is 27.5. The molecule has 2 heterocycles. The van der Waals surface area contributed by atoms with Crippen LogP contribution in [0.1, 0.15) is 17.5 Å². The van der Waals surface area contributed by atoms with Gasteiger partial charge < -0.3 is 15.1 Å². The van der Waals surface area contributed by atoms with E-state index < -0.39 is 51.5 Å². The summed E-state index contributed by atoms with van der Waals surface area (Å²) < 4.78 is 51.7. The first-order chi connectivity index (χ1) is 17.9. The summed E-state index contributed by atoms with van der Waals surface area (Å²) in [5, 5.41) is 5.57. The number of nitrogens with zero attached hydrogens (tertiary/aromatic N) is 4. The summed E-state index contributed by atoms with van der Waals surface area (Å²) in [6, 6.07) is 10.5. The van der Waals surface area contributed by atoms with Crippen molar-refractivity contribution in [1.29, 1.82) is 0 Å². The van der Waals surface area contributed by atoms with Gasteiger partial charge in [0.15, 0.2) is 0 Å². The van der Waals surface area contributed by atoms with Gasteiger partial charge in [0.2, 0.25) is 11.8 Å². The SMILES string of the molecule is CN1CC(=O)N2[C@@H](CCS(C)(=O)=O)C(=O)N(Cc3ccc(F)cc3F)C[C@@H]2N1C(=O)NCc1ccccc1. The summed E-state index contributed by atoms with van der Waals surface area (Å²) in [4.78, 5) is 42.5. The van der Waals surface area contributed by atoms with Crippen molar-refractivity contribution >= 4 is 27.7 Å². The van der Waals surface area contributed by atoms with Crippen LogP contribution in [0.2, 0.25) is 0 Å². The fraction of sp³-hybridized carbons (Fsp3) is 0.400. The van der Waals surface area contributed by atoms with Gasteiger partial charge in [0.1, 0.15) is 33.7 Å². The van der Waals surface area contributed by atoms with E-state index in [2.05, 4.69) is 5.32 Å². The molecular formula is C25H29F2N5O5S. The first-order valence-corrected chi connectivity index (χ1v) is 14.0. The van der Waals surface area contributed by atoms with Crippen molar-refractivity contribution in [2.24, 2.45) is 0 Å². The zero-order chi connectivity index (χ0) is 27.6. The van der Waals surface area contributed by atoms with Gasteiger partial charge >= 0.3 is 6.03 Å². The van der Waals surface area contributed by atoms with Gasteiger partial charge in [-0.2, -0.15) is 0 Å². The molecule has 0 bridgehead atoms. The molecule has 2 saturated heterocycles. The number of halogens is 2. The van der Waals surface area contributed by atoms with Crippen LogP contribution in [0.5, 0.6) is 0 Å². The lowest BCUT2D eigenvalue weighted by molar-refractivity contribution is -0.187. The van der Waals surface area contributed by atoms with Crippen LogP contribution in [-0.4, -0.2) is 90.4 Å². The summed E-state index contributed by atoms with van der Waals surface area (Å²) in [5.74, 6) is -2.99. The monoisotopic (exact) mass is 549 g/mol. The Morgan fingerprint density at radius 1 is 1.11 bits per heavy atom. The molecule has 10 nitrogen and oxygen atoms in total. The van der Waals surface area contributed by atoms with Crippen LogP contribution in [-0.2, 0) is 32.5 Å². The summed E-state index contributed by atoms with van der Waals surface area (Å²) in [5.41, 5.74) is 0.900. The molecular weight excluding hydrogens is 520 g/mol. The largest absolute Gasteiger partial charge is 0.334 e. The highest BCUT2D eigenvalue weighted by Gasteiger charge is 2.50. The van der Waals surface area contributed by atoms with Gasteiger partial charge in [0.05, 0.1) is 18.8 Å². The van der Waals surface area contributed by atoms with Gasteiger partial charge in [-0.15, -0.1) is 0 Å². The molecule has 204 valence electrons. The van der Waals surface area contributed by atoms with Gasteiger partial charge in [-0.3, -0.25) is 9.59 Å². The Hall–Kier alpha value is -3.58. The lowest BCUT2D eigenvalue weighted by atomic mass is 10.0. The number of sulfone groups is 1. The van der Waals surface area contributed by atoms with Crippen molar-refractivity contribution in [2.45, 2.75) is 31.7 Å². The molecule has 2 fully saturated rings. The van der Waals surface area contributed by atoms with Crippen LogP contribution in [0.3, 0.4) is 0 Å². The normalized spacial score (nSPS) is 20.5. The molecule has 0 spiro atoms. The molecule has 0 radical (unpaired) electrons. The fourth-order valence-corrected chi connectivity index (χ4v) is 5.41. The third kappa shape index (κ3) is 6.10. The second-order valence-corrected chi connectivity index (χ2v) is 11.7. The Balaban J connectivity index is 1.65. The average Bonchev–Trinajstić information content (AvgIpc) is 2.84. The molecule has 0 aromatic heterocycles. The van der Waals surface area contributed by atoms with Crippen molar-refractivity contribution < 1.29 is 31.6 Å². The lowest BCUT2D eigenvalue weighted by Gasteiger charge is -2.54. The van der Waals surface area contributed by atoms with Gasteiger partial charge in [0.25, 0.3) is 0 Å². The maximum absolute atomic E-state index is 14.5. The van der Waals surface area contributed by atoms with E-state index in [-0.39, 0.29) is 43.9 Å². The molecule has 38 heavy (non-hydrogen) atoms. The number of carbonyl (C=O) groups excluding carboxylic acids is 3. The van der Waals surface area contributed by atoms with E-state index in [1.54, 1.807) is 7.05 Å². The number of nitrogens with one attached hydrogen (secondary N) is 1. The number of hydrogen-bond acceptors (Lipinski definition) is 6. The van der Waals surface area contributed by atoms with Crippen LogP contribution < -0.4 is 5.32 Å². The first-order valence-electron chi connectivity index (χ1n) is 12.0. The van der Waals surface area contributed by atoms with E-state index in [9.17, 15) is 31.6 Å². The predicted octanol–water partition coefficient (Wildman–Crippen LogP) is 1.34. The molecule has 2 aliphatic rings. The van der Waals surface area contributed by atoms with E-state index in [1.807, 2.05) is 30.3 Å². The Kier molecular flexibility index (Phi) is 7.97. The maximum atomic E-state index is 14.5. The molecule has 2 aromatic rings. The summed E-state index contributed by atoms with van der Waals surface area (Å²) in [7, 11) is -1.92. The highest BCUT2D eigenvalue weighted by Crippen LogP contribution is 2.29. The van der Waals surface area contributed by atoms with Gasteiger partial charge in [-0.1, -0.05) is 36.4 Å². The second kappa shape index (κ2) is 11.0. The van der Waals surface area contributed by atoms with Crippen molar-refractivity contribution in [3.8, 4) is 0 Å². The quantitative estimate of drug-likeness (QED) is 0.558. The summed E-state index contributed by atoms with van der Waals surface area (Å²) in [6.07, 6.45) is -0.132. The number of carbonyl (C=O) groups is 3. The van der Waals surface area contributed by atoms with Crippen LogP contribution >= 0.6 is 0 Å². The van der Waals surface area contributed by atoms with E-state index in [4.69, 9.17) is 0 Å². The topological polar surface area (TPSA) is 110 Å². The van der Waals surface area contributed by atoms with E-state index in [1.165, 1.54) is 25.9 Å². The van der Waals surface area contributed by atoms with E-state index in [0.717, 1.165) is 17.9 Å². The summed E-state index contributed by atoms with van der Waals surface area (Å²) >= 11 is 0. The number of hydrazine groups is 1. The number of piperazine rings is 1. The van der Waals surface area contributed by atoms with Crippen LogP contribution in [0, 0.1) is 11.6 Å². The van der Waals surface area contributed by atoms with Crippen molar-refractivity contribution in [2.75, 3.05) is 32.1 Å². The number of urea groups is 1. The minimum absolute atomic E-state index is 0.0469. The van der Waals surface area contributed by atoms with Gasteiger partial charge in [-0.25, -0.2) is 32.0 Å². The highest BCUT2D eigenvalue weighted by molar-refractivity contribution is 7.90. The van der Waals surface area contributed by atoms with Crippen molar-refractivity contribution in [3.05, 3.63) is 71.3 Å². The molecule has 2 aromatic carbocycles. The Labute approximate surface area is 219 Å². The number of benzene rings is 2. The number of likely N-dealkylation sites (N-methyl/N-ethyl adjacent to an activating group) is 1. The molecule has 0 unspecified atom stereocenters. The minimum atomic E-state index is -3.48. The number of rotatable bonds is 7. The van der Waals surface area contributed by atoms with Gasteiger partial charge in [-0.05, 0) is 18.1 Å². The Morgan fingerprint density at radius 2 is 1.82 bits per heavy atom. The van der Waals surface area contributed by atoms with Crippen LogP contribution in [0.4, 0.5) is 13.6 Å². The molecule has 0 saturated carbocycles. The molecule has 4 rings (SSSR count). The minimum Gasteiger partial charge on any atom is -0.333 e. The van der Waals surface area contributed by atoms with Crippen molar-refractivity contribution in [1.82, 2.24) is 25.1 Å². The Morgan fingerprint density at radius 3 is 2.47 bits per heavy atom. The second-order valence-electron chi connectivity index (χ2n) is 9.48. The van der Waals surface area contributed by atoms with E-state index >= 15 is 0 Å².